The second-order valence-electron chi connectivity index (χ2n) is 20.5. The van der Waals surface area contributed by atoms with E-state index in [1.807, 2.05) is 92.6 Å². The maximum Gasteiger partial charge on any atom is 0.410 e. The molecule has 1 saturated heterocycles. The molecule has 2 heterocycles. The highest BCUT2D eigenvalue weighted by atomic mass is 28.4. The van der Waals surface area contributed by atoms with Crippen molar-refractivity contribution in [1.82, 2.24) is 15.0 Å². The molecule has 14 heteroatoms. The van der Waals surface area contributed by atoms with Crippen LogP contribution in [0.5, 0.6) is 11.6 Å². The van der Waals surface area contributed by atoms with Gasteiger partial charge in [-0.3, -0.25) is 14.5 Å². The normalized spacial score (nSPS) is 23.2. The highest BCUT2D eigenvalue weighted by Crippen LogP contribution is 2.60. The Morgan fingerprint density at radius 1 is 0.985 bits per heavy atom. The van der Waals surface area contributed by atoms with E-state index in [0.717, 1.165) is 11.1 Å². The van der Waals surface area contributed by atoms with Gasteiger partial charge in [0, 0.05) is 29.2 Å². The number of aliphatic hydroxyl groups excluding tert-OH is 1. The van der Waals surface area contributed by atoms with Crippen LogP contribution in [-0.2, 0) is 28.8 Å². The van der Waals surface area contributed by atoms with Gasteiger partial charge in [0.25, 0.3) is 5.88 Å². The molecule has 1 unspecified atom stereocenters. The number of ether oxygens (including phenoxy) is 3. The van der Waals surface area contributed by atoms with Gasteiger partial charge in [-0.15, -0.1) is 0 Å². The van der Waals surface area contributed by atoms with Crippen molar-refractivity contribution < 1.29 is 47.0 Å². The number of carbonyl (C=O) groups excluding carboxylic acids is 3. The maximum absolute atomic E-state index is 17.6. The summed E-state index contributed by atoms with van der Waals surface area (Å²) in [6.45, 7) is 18.6. The Morgan fingerprint density at radius 2 is 1.62 bits per heavy atom. The van der Waals surface area contributed by atoms with Crippen molar-refractivity contribution in [2.24, 2.45) is 11.8 Å². The summed E-state index contributed by atoms with van der Waals surface area (Å²) in [5.41, 5.74) is -0.737. The van der Waals surface area contributed by atoms with E-state index in [0.29, 0.717) is 25.9 Å². The molecule has 3 aromatic carbocycles. The minimum atomic E-state index is -3.00. The molecule has 3 aliphatic carbocycles. The maximum atomic E-state index is 17.6. The van der Waals surface area contributed by atoms with Crippen molar-refractivity contribution >= 4 is 26.0 Å². The molecule has 0 saturated carbocycles. The summed E-state index contributed by atoms with van der Waals surface area (Å²) in [5.74, 6) is -3.46. The number of hydrogen-bond acceptors (Lipinski definition) is 11. The van der Waals surface area contributed by atoms with Gasteiger partial charge in [0.15, 0.2) is 25.5 Å². The average molecular weight is 908 g/mol. The highest BCUT2D eigenvalue weighted by molar-refractivity contribution is 6.74. The first-order valence-electron chi connectivity index (χ1n) is 22.8. The molecule has 65 heavy (non-hydrogen) atoms. The van der Waals surface area contributed by atoms with Crippen LogP contribution in [0.4, 0.5) is 9.18 Å². The van der Waals surface area contributed by atoms with Crippen LogP contribution in [0, 0.1) is 17.7 Å². The van der Waals surface area contributed by atoms with Gasteiger partial charge in [-0.1, -0.05) is 88.4 Å². The van der Waals surface area contributed by atoms with Crippen LogP contribution >= 0.6 is 0 Å². The number of amides is 1. The Labute approximate surface area is 382 Å². The van der Waals surface area contributed by atoms with Crippen molar-refractivity contribution in [3.63, 3.8) is 0 Å². The topological polar surface area (TPSA) is 141 Å². The number of aliphatic hydroxyl groups is 1. The first kappa shape index (κ1) is 46.2. The Morgan fingerprint density at radius 3 is 2.22 bits per heavy atom. The van der Waals surface area contributed by atoms with Crippen molar-refractivity contribution in [2.75, 3.05) is 20.1 Å². The number of likely N-dealkylation sites (tertiary alicyclic amines) is 1. The summed E-state index contributed by atoms with van der Waals surface area (Å²) >= 11 is 0. The van der Waals surface area contributed by atoms with Gasteiger partial charge in [0.05, 0.1) is 17.6 Å². The largest absolute Gasteiger partial charge is 0.508 e. The third-order valence-electron chi connectivity index (χ3n) is 14.1. The molecule has 4 aromatic rings. The molecule has 1 amide bonds. The van der Waals surface area contributed by atoms with Crippen molar-refractivity contribution in [3.05, 3.63) is 123 Å². The molecule has 1 aromatic heterocycles. The number of allylic oxidation sites excluding steroid dienone is 1. The molecule has 0 spiro atoms. The van der Waals surface area contributed by atoms with Gasteiger partial charge in [-0.25, -0.2) is 9.18 Å². The lowest BCUT2D eigenvalue weighted by Crippen LogP contribution is -2.65. The highest BCUT2D eigenvalue weighted by Gasteiger charge is 2.67. The number of hydrogen-bond donors (Lipinski definition) is 1. The van der Waals surface area contributed by atoms with E-state index in [1.165, 1.54) is 6.07 Å². The van der Waals surface area contributed by atoms with Gasteiger partial charge >= 0.3 is 6.09 Å². The number of fused-ring (bicyclic) bond motifs is 4. The number of ketones is 2. The van der Waals surface area contributed by atoms with Crippen molar-refractivity contribution in [3.8, 4) is 11.6 Å². The number of halogens is 1. The average Bonchev–Trinajstić information content (AvgIpc) is 3.92. The van der Waals surface area contributed by atoms with Gasteiger partial charge in [0.1, 0.15) is 41.7 Å². The zero-order chi connectivity index (χ0) is 46.8. The molecule has 346 valence electrons. The van der Waals surface area contributed by atoms with E-state index in [-0.39, 0.29) is 71.3 Å². The lowest BCUT2D eigenvalue weighted by atomic mass is 9.58. The van der Waals surface area contributed by atoms with Gasteiger partial charge < -0.3 is 33.2 Å². The first-order valence-corrected chi connectivity index (χ1v) is 25.7. The molecule has 1 fully saturated rings. The fourth-order valence-electron chi connectivity index (χ4n) is 9.84. The number of Topliss-reactive ketones (excluding diaryl/α,β-unsaturated/α-hetero) is 2. The van der Waals surface area contributed by atoms with Crippen molar-refractivity contribution in [2.45, 2.75) is 129 Å². The van der Waals surface area contributed by atoms with Crippen LogP contribution in [-0.4, -0.2) is 77.4 Å². The molecule has 1 N–H and O–H groups in total. The molecular formula is C51H62FN3O9Si. The molecule has 4 aliphatic rings. The van der Waals surface area contributed by atoms with Crippen LogP contribution < -0.4 is 9.47 Å². The summed E-state index contributed by atoms with van der Waals surface area (Å²) in [5, 5.41) is 17.1. The third-order valence-corrected chi connectivity index (χ3v) is 18.6. The first-order chi connectivity index (χ1) is 30.7. The van der Waals surface area contributed by atoms with Gasteiger partial charge in [-0.2, -0.15) is 0 Å². The van der Waals surface area contributed by atoms with Crippen LogP contribution in [0.2, 0.25) is 18.1 Å². The predicted molar refractivity (Wildman–Crippen MR) is 245 cm³/mol. The van der Waals surface area contributed by atoms with Crippen LogP contribution in [0.1, 0.15) is 129 Å². The van der Waals surface area contributed by atoms with Crippen LogP contribution in [0.15, 0.2) is 82.6 Å². The number of rotatable bonds is 11. The van der Waals surface area contributed by atoms with E-state index in [4.69, 9.17) is 23.2 Å². The monoisotopic (exact) mass is 907 g/mol. The minimum Gasteiger partial charge on any atom is -0.508 e. The third kappa shape index (κ3) is 8.20. The van der Waals surface area contributed by atoms with E-state index >= 15 is 14.0 Å². The number of aromatic nitrogens is 1. The second-order valence-corrected chi connectivity index (χ2v) is 25.2. The smallest absolute Gasteiger partial charge is 0.410 e. The SMILES string of the molecule is CCN(C)[C@@H]1c2onc(OCc3ccccc3)c2C(=O)[C@@]2(O[Si](C)(C)C(C)(C)C)C(O)=C3C(=O)c4c(OCc5ccccc5)cc(C5CCCN5C(=O)OC(C)(C)C)c(F)c4C[C@H]3C[C@@H]12. The standard InChI is InChI=1S/C51H62FN3O9Si/c1-11-54(8)42-35-26-32-25-34-39(37(60-28-30-19-14-12-15-20-30)27-33(41(34)52)36-23-18-24-55(36)48(59)62-49(2,3)4)43(56)38(32)45(57)51(35,64-65(9,10)50(5,6)7)46(58)40-44(42)63-53-47(40)61-29-31-21-16-13-17-22-31/h12-17,19-22,27,32,35-36,42,57H,11,18,23-26,28-29H2,1-10H3/t32-,35-,36?,42-,51-/m0/s1. The quantitative estimate of drug-likeness (QED) is 0.144. The molecule has 8 rings (SSSR count). The van der Waals surface area contributed by atoms with Crippen molar-refractivity contribution in [1.29, 1.82) is 0 Å². The predicted octanol–water partition coefficient (Wildman–Crippen LogP) is 10.9. The van der Waals surface area contributed by atoms with E-state index in [9.17, 15) is 9.90 Å². The number of benzene rings is 3. The van der Waals surface area contributed by atoms with Gasteiger partial charge in [-0.05, 0) is 106 Å². The van der Waals surface area contributed by atoms with Gasteiger partial charge in [0.2, 0.25) is 5.78 Å². The molecule has 5 atom stereocenters. The Hall–Kier alpha value is -5.31. The van der Waals surface area contributed by atoms with Crippen LogP contribution in [0.25, 0.3) is 0 Å². The Bertz CT molecular complexity index is 2510. The summed E-state index contributed by atoms with van der Waals surface area (Å²) in [6, 6.07) is 19.1. The zero-order valence-electron chi connectivity index (χ0n) is 39.2. The summed E-state index contributed by atoms with van der Waals surface area (Å²) in [7, 11) is -1.09. The van der Waals surface area contributed by atoms with E-state index in [1.54, 1.807) is 25.7 Å². The molecule has 1 aliphatic heterocycles. The Kier molecular flexibility index (Phi) is 12.2. The number of carbonyl (C=O) groups is 3. The second kappa shape index (κ2) is 17.2. The molecule has 12 nitrogen and oxygen atoms in total. The molecule has 0 bridgehead atoms. The Balaban J connectivity index is 1.31. The molecule has 0 radical (unpaired) electrons. The van der Waals surface area contributed by atoms with E-state index in [2.05, 4.69) is 25.9 Å². The zero-order valence-corrected chi connectivity index (χ0v) is 40.2. The lowest BCUT2D eigenvalue weighted by molar-refractivity contribution is -0.0511. The fourth-order valence-corrected chi connectivity index (χ4v) is 11.3. The number of nitrogens with zero attached hydrogens (tertiary/aromatic N) is 3. The fraction of sp³-hybridized carbons (Fsp3) is 0.490. The summed E-state index contributed by atoms with van der Waals surface area (Å²) in [6.07, 6.45) is 0.741. The summed E-state index contributed by atoms with van der Waals surface area (Å²) < 4.78 is 49.6. The van der Waals surface area contributed by atoms with E-state index < -0.39 is 77.7 Å². The molecular weight excluding hydrogens is 846 g/mol. The minimum absolute atomic E-state index is 0.00155. The lowest BCUT2D eigenvalue weighted by Gasteiger charge is -2.55. The van der Waals surface area contributed by atoms with Crippen LogP contribution in [0.3, 0.4) is 0 Å². The summed E-state index contributed by atoms with van der Waals surface area (Å²) in [4.78, 5) is 48.4.